The van der Waals surface area contributed by atoms with Crippen LogP contribution in [0.3, 0.4) is 0 Å². The molecule has 2 unspecified atom stereocenters. The van der Waals surface area contributed by atoms with E-state index in [4.69, 9.17) is 14.5 Å². The number of ketones is 1. The van der Waals surface area contributed by atoms with Crippen LogP contribution in [0, 0.1) is 11.8 Å². The minimum atomic E-state index is -1.26. The SMILES string of the molecule is C/C(=C\C1=NC2C=CC=CC2S1)[C@@H]1C[C@@H]2O[C@]2(C)CCC[C@@H]2C=C(C(=O)[C@H](C)[C@H]2O)[C@@H](O)CC(=O)O1. The van der Waals surface area contributed by atoms with E-state index in [9.17, 15) is 19.8 Å². The summed E-state index contributed by atoms with van der Waals surface area (Å²) in [6.45, 7) is 5.70. The summed E-state index contributed by atoms with van der Waals surface area (Å²) in [5.41, 5.74) is 0.792. The van der Waals surface area contributed by atoms with E-state index in [1.54, 1.807) is 24.8 Å². The molecule has 0 amide bonds. The van der Waals surface area contributed by atoms with Gasteiger partial charge in [-0.3, -0.25) is 14.6 Å². The Labute approximate surface area is 216 Å². The first-order chi connectivity index (χ1) is 17.1. The molecule has 9 atom stereocenters. The Morgan fingerprint density at radius 3 is 2.81 bits per heavy atom. The van der Waals surface area contributed by atoms with Crippen molar-refractivity contribution in [1.29, 1.82) is 0 Å². The average Bonchev–Trinajstić information content (AvgIpc) is 3.28. The topological polar surface area (TPSA) is 109 Å². The maximum Gasteiger partial charge on any atom is 0.309 e. The van der Waals surface area contributed by atoms with E-state index in [0.29, 0.717) is 12.8 Å². The molecule has 0 saturated carbocycles. The summed E-state index contributed by atoms with van der Waals surface area (Å²) in [5.74, 6) is -1.73. The molecule has 2 aliphatic carbocycles. The number of hydrogen-bond acceptors (Lipinski definition) is 8. The van der Waals surface area contributed by atoms with Crippen LogP contribution in [0.4, 0.5) is 0 Å². The number of fused-ring (bicyclic) bond motifs is 3. The highest BCUT2D eigenvalue weighted by molar-refractivity contribution is 8.15. The molecule has 1 fully saturated rings. The van der Waals surface area contributed by atoms with Gasteiger partial charge in [-0.15, -0.1) is 0 Å². The third kappa shape index (κ3) is 5.19. The second-order valence-electron chi connectivity index (χ2n) is 10.9. The van der Waals surface area contributed by atoms with E-state index in [1.807, 2.05) is 25.2 Å². The van der Waals surface area contributed by atoms with Crippen LogP contribution in [0.1, 0.15) is 52.9 Å². The van der Waals surface area contributed by atoms with Crippen molar-refractivity contribution < 1.29 is 29.3 Å². The summed E-state index contributed by atoms with van der Waals surface area (Å²) in [7, 11) is 0. The summed E-state index contributed by atoms with van der Waals surface area (Å²) in [6.07, 6.45) is 11.9. The number of carbonyl (C=O) groups excluding carboxylic acids is 2. The standard InChI is InChI=1S/C28H35NO6S/c1-15(11-24-29-19-8-4-5-9-22(19)36-24)21-14-23-28(3,35-23)10-6-7-17-12-18(20(30)13-25(31)34-21)27(33)16(2)26(17)32/h4-5,8-9,11-12,16-17,19-23,26,30,32H,6-7,10,13-14H2,1-3H3/b15-11+/t16-,17-,19?,20+,21+,22?,23+,26-,28-/m1/s1. The van der Waals surface area contributed by atoms with E-state index < -0.39 is 30.2 Å². The average molecular weight is 514 g/mol. The number of aliphatic hydroxyl groups excluding tert-OH is 2. The van der Waals surface area contributed by atoms with Crippen LogP contribution in [0.5, 0.6) is 0 Å². The van der Waals surface area contributed by atoms with Crippen molar-refractivity contribution in [2.45, 2.75) is 94.2 Å². The second-order valence-corrected chi connectivity index (χ2v) is 12.1. The van der Waals surface area contributed by atoms with Crippen molar-refractivity contribution in [3.8, 4) is 0 Å². The van der Waals surface area contributed by atoms with E-state index in [2.05, 4.69) is 19.1 Å². The van der Waals surface area contributed by atoms with E-state index >= 15 is 0 Å². The van der Waals surface area contributed by atoms with Gasteiger partial charge in [-0.1, -0.05) is 49.1 Å². The predicted octanol–water partition coefficient (Wildman–Crippen LogP) is 3.46. The summed E-state index contributed by atoms with van der Waals surface area (Å²) in [4.78, 5) is 30.5. The Balaban J connectivity index is 1.37. The second kappa shape index (κ2) is 10.0. The van der Waals surface area contributed by atoms with Crippen LogP contribution in [0.25, 0.3) is 0 Å². The van der Waals surface area contributed by atoms with Gasteiger partial charge in [-0.05, 0) is 44.8 Å². The van der Waals surface area contributed by atoms with E-state index in [-0.39, 0.29) is 46.7 Å². The minimum Gasteiger partial charge on any atom is -0.458 e. The van der Waals surface area contributed by atoms with Gasteiger partial charge >= 0.3 is 5.97 Å². The first kappa shape index (κ1) is 25.6. The minimum absolute atomic E-state index is 0.0407. The van der Waals surface area contributed by atoms with Gasteiger partial charge in [0.1, 0.15) is 6.10 Å². The normalized spacial score (nSPS) is 43.1. The largest absolute Gasteiger partial charge is 0.458 e. The molecule has 2 N–H and O–H groups in total. The molecule has 5 aliphatic rings. The first-order valence-electron chi connectivity index (χ1n) is 12.9. The lowest BCUT2D eigenvalue weighted by atomic mass is 9.75. The molecular formula is C28H35NO6S. The van der Waals surface area contributed by atoms with Gasteiger partial charge in [0, 0.05) is 23.8 Å². The van der Waals surface area contributed by atoms with Crippen molar-refractivity contribution in [1.82, 2.24) is 0 Å². The van der Waals surface area contributed by atoms with Crippen molar-refractivity contribution in [2.24, 2.45) is 16.8 Å². The zero-order valence-electron chi connectivity index (χ0n) is 21.0. The molecule has 194 valence electrons. The number of rotatable bonds is 2. The number of ether oxygens (including phenoxy) is 2. The number of epoxide rings is 1. The van der Waals surface area contributed by atoms with Crippen LogP contribution >= 0.6 is 11.8 Å². The van der Waals surface area contributed by atoms with Gasteiger partial charge in [0.2, 0.25) is 0 Å². The van der Waals surface area contributed by atoms with E-state index in [0.717, 1.165) is 23.5 Å². The van der Waals surface area contributed by atoms with Gasteiger partial charge in [0.15, 0.2) is 5.78 Å². The third-order valence-electron chi connectivity index (χ3n) is 8.16. The molecule has 0 spiro atoms. The Kier molecular flexibility index (Phi) is 7.15. The Morgan fingerprint density at radius 2 is 2.03 bits per heavy atom. The third-order valence-corrected chi connectivity index (χ3v) is 9.33. The van der Waals surface area contributed by atoms with Crippen LogP contribution in [0.15, 0.2) is 52.6 Å². The quantitative estimate of drug-likeness (QED) is 0.430. The predicted molar refractivity (Wildman–Crippen MR) is 139 cm³/mol. The fraction of sp³-hybridized carbons (Fsp3) is 0.607. The summed E-state index contributed by atoms with van der Waals surface area (Å²) < 4.78 is 12.0. The molecule has 8 heteroatoms. The van der Waals surface area contributed by atoms with Crippen molar-refractivity contribution in [3.05, 3.63) is 47.6 Å². The highest BCUT2D eigenvalue weighted by Gasteiger charge is 2.53. The number of nitrogens with zero attached hydrogens (tertiary/aromatic N) is 1. The van der Waals surface area contributed by atoms with Crippen molar-refractivity contribution in [3.63, 3.8) is 0 Å². The van der Waals surface area contributed by atoms with Crippen molar-refractivity contribution >= 4 is 28.6 Å². The monoisotopic (exact) mass is 513 g/mol. The maximum absolute atomic E-state index is 12.9. The molecular weight excluding hydrogens is 478 g/mol. The zero-order valence-corrected chi connectivity index (χ0v) is 21.8. The van der Waals surface area contributed by atoms with Crippen LogP contribution in [-0.2, 0) is 19.1 Å². The zero-order chi connectivity index (χ0) is 25.6. The molecule has 3 heterocycles. The Bertz CT molecular complexity index is 1080. The first-order valence-corrected chi connectivity index (χ1v) is 13.8. The lowest BCUT2D eigenvalue weighted by Gasteiger charge is -2.32. The molecule has 7 nitrogen and oxygen atoms in total. The number of hydrogen-bond donors (Lipinski definition) is 2. The Morgan fingerprint density at radius 1 is 1.25 bits per heavy atom. The Hall–Kier alpha value is -2.00. The number of allylic oxidation sites excluding steroid dienone is 2. The summed E-state index contributed by atoms with van der Waals surface area (Å²) in [5, 5.41) is 22.6. The lowest BCUT2D eigenvalue weighted by Crippen LogP contribution is -2.40. The summed E-state index contributed by atoms with van der Waals surface area (Å²) in [6, 6.07) is 0.127. The lowest BCUT2D eigenvalue weighted by molar-refractivity contribution is -0.149. The van der Waals surface area contributed by atoms with Gasteiger partial charge in [0.05, 0.1) is 46.7 Å². The number of carbonyl (C=O) groups is 2. The van der Waals surface area contributed by atoms with Gasteiger partial charge < -0.3 is 19.7 Å². The van der Waals surface area contributed by atoms with Crippen LogP contribution in [0.2, 0.25) is 0 Å². The summed E-state index contributed by atoms with van der Waals surface area (Å²) >= 11 is 1.70. The number of cyclic esters (lactones) is 1. The molecule has 0 aromatic carbocycles. The highest BCUT2D eigenvalue weighted by atomic mass is 32.2. The fourth-order valence-electron chi connectivity index (χ4n) is 5.70. The number of aliphatic hydroxyl groups is 2. The molecule has 1 saturated heterocycles. The fourth-order valence-corrected chi connectivity index (χ4v) is 6.87. The number of esters is 1. The molecule has 0 aromatic rings. The number of thioether (sulfide) groups is 1. The van der Waals surface area contributed by atoms with Crippen LogP contribution in [-0.4, -0.2) is 68.3 Å². The molecule has 0 radical (unpaired) electrons. The molecule has 3 aliphatic heterocycles. The highest BCUT2D eigenvalue weighted by Crippen LogP contribution is 2.45. The molecule has 36 heavy (non-hydrogen) atoms. The van der Waals surface area contributed by atoms with Crippen molar-refractivity contribution in [2.75, 3.05) is 0 Å². The number of Topliss-reactive ketones (excluding diaryl/α,β-unsaturated/α-hetero) is 1. The molecule has 5 rings (SSSR count). The molecule has 2 bridgehead atoms. The van der Waals surface area contributed by atoms with Gasteiger partial charge in [-0.25, -0.2) is 0 Å². The molecule has 0 aromatic heterocycles. The van der Waals surface area contributed by atoms with Gasteiger partial charge in [-0.2, -0.15) is 0 Å². The maximum atomic E-state index is 12.9. The van der Waals surface area contributed by atoms with E-state index in [1.165, 1.54) is 0 Å². The van der Waals surface area contributed by atoms with Gasteiger partial charge in [0.25, 0.3) is 0 Å². The smallest absolute Gasteiger partial charge is 0.309 e. The van der Waals surface area contributed by atoms with Crippen LogP contribution < -0.4 is 0 Å². The number of aliphatic imine (C=N–C) groups is 1.